The highest BCUT2D eigenvalue weighted by Gasteiger charge is 2.37. The Bertz CT molecular complexity index is 764. The minimum absolute atomic E-state index is 0.284. The Morgan fingerprint density at radius 2 is 2.04 bits per heavy atom. The summed E-state index contributed by atoms with van der Waals surface area (Å²) in [5, 5.41) is 11.9. The predicted octanol–water partition coefficient (Wildman–Crippen LogP) is 1.87. The summed E-state index contributed by atoms with van der Waals surface area (Å²) in [6.07, 6.45) is 4.52. The van der Waals surface area contributed by atoms with Crippen molar-refractivity contribution < 1.29 is 19.5 Å². The van der Waals surface area contributed by atoms with Gasteiger partial charge >= 0.3 is 0 Å². The number of nitrogens with zero attached hydrogens (tertiary/aromatic N) is 1. The van der Waals surface area contributed by atoms with Gasteiger partial charge in [-0.15, -0.1) is 0 Å². The van der Waals surface area contributed by atoms with Crippen molar-refractivity contribution in [3.63, 3.8) is 0 Å². The Labute approximate surface area is 159 Å². The van der Waals surface area contributed by atoms with Crippen LogP contribution in [0.25, 0.3) is 6.08 Å². The predicted molar refractivity (Wildman–Crippen MR) is 104 cm³/mol. The van der Waals surface area contributed by atoms with Gasteiger partial charge in [-0.05, 0) is 23.4 Å². The highest BCUT2D eigenvalue weighted by atomic mass is 32.2. The fourth-order valence-electron chi connectivity index (χ4n) is 2.54. The van der Waals surface area contributed by atoms with Gasteiger partial charge in [-0.2, -0.15) is 11.8 Å². The van der Waals surface area contributed by atoms with Crippen molar-refractivity contribution in [3.05, 3.63) is 53.0 Å². The first-order chi connectivity index (χ1) is 12.5. The number of benzene rings is 1. The maximum atomic E-state index is 12.3. The average molecular weight is 390 g/mol. The van der Waals surface area contributed by atoms with Crippen LogP contribution in [0, 0.1) is 0 Å². The van der Waals surface area contributed by atoms with E-state index in [2.05, 4.69) is 5.32 Å². The number of thioether (sulfide) groups is 2. The van der Waals surface area contributed by atoms with Crippen LogP contribution in [0.4, 0.5) is 4.79 Å². The molecule has 2 aliphatic rings. The number of hydrogen-bond acceptors (Lipinski definition) is 6. The van der Waals surface area contributed by atoms with Crippen molar-refractivity contribution in [1.82, 2.24) is 10.2 Å². The van der Waals surface area contributed by atoms with Crippen molar-refractivity contribution in [3.8, 4) is 0 Å². The first-order valence-corrected chi connectivity index (χ1v) is 10.0. The molecule has 0 aromatic heterocycles. The van der Waals surface area contributed by atoms with Gasteiger partial charge in [-0.25, -0.2) is 0 Å². The lowest BCUT2D eigenvalue weighted by atomic mass is 10.2. The fourth-order valence-corrected chi connectivity index (χ4v) is 4.50. The summed E-state index contributed by atoms with van der Waals surface area (Å²) in [6.45, 7) is -0.335. The summed E-state index contributed by atoms with van der Waals surface area (Å²) < 4.78 is 0. The number of amides is 3. The summed E-state index contributed by atoms with van der Waals surface area (Å²) in [7, 11) is 0. The number of aliphatic hydroxyl groups excluding tert-OH is 1. The number of nitrogens with one attached hydrogen (secondary N) is 1. The second-order valence-corrected chi connectivity index (χ2v) is 7.91. The first-order valence-electron chi connectivity index (χ1n) is 8.07. The van der Waals surface area contributed by atoms with E-state index >= 15 is 0 Å². The molecule has 2 aliphatic heterocycles. The van der Waals surface area contributed by atoms with Crippen LogP contribution in [0.2, 0.25) is 0 Å². The molecular weight excluding hydrogens is 372 g/mol. The summed E-state index contributed by atoms with van der Waals surface area (Å²) in [4.78, 5) is 37.7. The van der Waals surface area contributed by atoms with Gasteiger partial charge in [0.1, 0.15) is 6.54 Å². The maximum Gasteiger partial charge on any atom is 0.294 e. The number of hydrogen-bond donors (Lipinski definition) is 2. The molecule has 6 nitrogen and oxygen atoms in total. The maximum absolute atomic E-state index is 12.3. The van der Waals surface area contributed by atoms with Crippen LogP contribution in [0.1, 0.15) is 5.56 Å². The van der Waals surface area contributed by atoms with E-state index < -0.39 is 23.2 Å². The monoisotopic (exact) mass is 390 g/mol. The van der Waals surface area contributed by atoms with Gasteiger partial charge < -0.3 is 10.4 Å². The molecule has 0 saturated carbocycles. The van der Waals surface area contributed by atoms with E-state index in [9.17, 15) is 19.5 Å². The largest absolute Gasteiger partial charge is 0.390 e. The number of imide groups is 1. The van der Waals surface area contributed by atoms with Crippen LogP contribution in [-0.4, -0.2) is 57.3 Å². The minimum atomic E-state index is -0.595. The molecule has 1 aromatic rings. The number of aliphatic hydroxyl groups is 1. The molecular formula is C18H18N2O4S2. The summed E-state index contributed by atoms with van der Waals surface area (Å²) in [5.41, 5.74) is 0.982. The molecule has 0 unspecified atom stereocenters. The molecule has 26 heavy (non-hydrogen) atoms. The third kappa shape index (κ3) is 4.57. The molecule has 3 amide bonds. The number of carbonyl (C=O) groups excluding carboxylic acids is 3. The normalized spacial score (nSPS) is 24.8. The first kappa shape index (κ1) is 18.8. The third-order valence-corrected chi connectivity index (χ3v) is 6.01. The molecule has 2 saturated heterocycles. The second kappa shape index (κ2) is 8.57. The van der Waals surface area contributed by atoms with Gasteiger partial charge in [0.05, 0.1) is 17.1 Å². The van der Waals surface area contributed by atoms with Gasteiger partial charge in [0.15, 0.2) is 0 Å². The van der Waals surface area contributed by atoms with Gasteiger partial charge in [-0.3, -0.25) is 19.3 Å². The molecule has 8 heteroatoms. The average Bonchev–Trinajstić information content (AvgIpc) is 3.14. The van der Waals surface area contributed by atoms with Crippen molar-refractivity contribution >= 4 is 46.7 Å². The molecule has 3 rings (SSSR count). The van der Waals surface area contributed by atoms with Crippen LogP contribution in [0.5, 0.6) is 0 Å². The number of allylic oxidation sites excluding steroid dienone is 2. The minimum Gasteiger partial charge on any atom is -0.390 e. The van der Waals surface area contributed by atoms with Crippen molar-refractivity contribution in [2.45, 2.75) is 12.1 Å². The molecule has 0 aliphatic carbocycles. The topological polar surface area (TPSA) is 86.7 Å². The smallest absolute Gasteiger partial charge is 0.294 e. The summed E-state index contributed by atoms with van der Waals surface area (Å²) in [6, 6.07) is 9.25. The molecule has 0 bridgehead atoms. The Morgan fingerprint density at radius 3 is 2.73 bits per heavy atom. The van der Waals surface area contributed by atoms with Crippen LogP contribution in [0.3, 0.4) is 0 Å². The number of carbonyl (C=O) groups is 3. The Morgan fingerprint density at radius 1 is 1.27 bits per heavy atom. The zero-order valence-electron chi connectivity index (χ0n) is 13.8. The van der Waals surface area contributed by atoms with Gasteiger partial charge in [0, 0.05) is 11.5 Å². The second-order valence-electron chi connectivity index (χ2n) is 5.84. The highest BCUT2D eigenvalue weighted by molar-refractivity contribution is 8.18. The van der Waals surface area contributed by atoms with E-state index in [1.54, 1.807) is 23.9 Å². The molecule has 136 valence electrons. The van der Waals surface area contributed by atoms with Crippen LogP contribution in [-0.2, 0) is 9.59 Å². The van der Waals surface area contributed by atoms with E-state index in [0.29, 0.717) is 11.5 Å². The zero-order valence-corrected chi connectivity index (χ0v) is 15.5. The Hall–Kier alpha value is -2.03. The molecule has 0 radical (unpaired) electrons. The van der Waals surface area contributed by atoms with Crippen LogP contribution < -0.4 is 5.32 Å². The molecule has 0 spiro atoms. The fraction of sp³-hybridized carbons (Fsp3) is 0.278. The molecule has 2 fully saturated rings. The lowest BCUT2D eigenvalue weighted by Crippen LogP contribution is -2.47. The summed E-state index contributed by atoms with van der Waals surface area (Å²) >= 11 is 2.37. The van der Waals surface area contributed by atoms with E-state index in [1.807, 2.05) is 36.4 Å². The van der Waals surface area contributed by atoms with E-state index in [4.69, 9.17) is 0 Å². The van der Waals surface area contributed by atoms with Gasteiger partial charge in [0.25, 0.3) is 11.1 Å². The van der Waals surface area contributed by atoms with E-state index in [-0.39, 0.29) is 17.5 Å². The van der Waals surface area contributed by atoms with Gasteiger partial charge in [-0.1, -0.05) is 42.5 Å². The zero-order chi connectivity index (χ0) is 18.5. The lowest BCUT2D eigenvalue weighted by molar-refractivity contribution is -0.129. The third-order valence-electron chi connectivity index (χ3n) is 3.91. The molecule has 1 aromatic carbocycles. The molecule has 2 heterocycles. The SMILES string of the molecule is O=C(CN1C(=O)S/C(=C/C=C/c2ccccc2)C1=O)N[C@@H]1CSC[C@@H]1O. The van der Waals surface area contributed by atoms with Crippen LogP contribution >= 0.6 is 23.5 Å². The molecule has 2 N–H and O–H groups in total. The number of rotatable bonds is 5. The van der Waals surface area contributed by atoms with E-state index in [1.165, 1.54) is 0 Å². The van der Waals surface area contributed by atoms with Crippen molar-refractivity contribution in [2.24, 2.45) is 0 Å². The van der Waals surface area contributed by atoms with Gasteiger partial charge in [0.2, 0.25) is 5.91 Å². The van der Waals surface area contributed by atoms with Crippen molar-refractivity contribution in [1.29, 1.82) is 0 Å². The molecule has 2 atom stereocenters. The lowest BCUT2D eigenvalue weighted by Gasteiger charge is -2.18. The summed E-state index contributed by atoms with van der Waals surface area (Å²) in [5.74, 6) is 0.274. The highest BCUT2D eigenvalue weighted by Crippen LogP contribution is 2.30. The Balaban J connectivity index is 1.58. The Kier molecular flexibility index (Phi) is 6.18. The van der Waals surface area contributed by atoms with Crippen LogP contribution in [0.15, 0.2) is 47.4 Å². The van der Waals surface area contributed by atoms with Crippen molar-refractivity contribution in [2.75, 3.05) is 18.1 Å². The van der Waals surface area contributed by atoms with E-state index in [0.717, 1.165) is 22.2 Å². The standard InChI is InChI=1S/C18H18N2O4S2/c21-14-11-25-10-13(14)19-16(22)9-20-17(23)15(26-18(20)24)8-4-7-12-5-2-1-3-6-12/h1-8,13-14,21H,9-11H2,(H,19,22)/b7-4+,15-8+/t13-,14+/m1/s1. The quantitative estimate of drug-likeness (QED) is 0.747.